The molecule has 1 N–H and O–H groups in total. The summed E-state index contributed by atoms with van der Waals surface area (Å²) < 4.78 is 4.66. The molecular formula is C21H30N2O5S. The molecule has 160 valence electrons. The molecule has 0 aromatic heterocycles. The van der Waals surface area contributed by atoms with E-state index in [0.29, 0.717) is 13.1 Å². The third kappa shape index (κ3) is 3.13. The van der Waals surface area contributed by atoms with Crippen molar-refractivity contribution in [1.29, 1.82) is 0 Å². The first-order valence-corrected chi connectivity index (χ1v) is 11.8. The van der Waals surface area contributed by atoms with Crippen LogP contribution in [0.2, 0.25) is 0 Å². The maximum absolute atomic E-state index is 13.5. The average Bonchev–Trinajstić information content (AvgIpc) is 2.88. The maximum atomic E-state index is 13.5. The second-order valence-corrected chi connectivity index (χ2v) is 11.7. The number of carbonyl (C=O) groups is 3. The van der Waals surface area contributed by atoms with Gasteiger partial charge in [0.2, 0.25) is 5.91 Å². The molecule has 2 fully saturated rings. The zero-order valence-corrected chi connectivity index (χ0v) is 18.3. The highest BCUT2D eigenvalue weighted by Crippen LogP contribution is 2.74. The van der Waals surface area contributed by atoms with Crippen LogP contribution in [0.3, 0.4) is 0 Å². The molecule has 0 radical (unpaired) electrons. The number of benzene rings is 1. The fraction of sp³-hybridized carbons (Fsp3) is 0.571. The monoisotopic (exact) mass is 422 g/mol. The lowest BCUT2D eigenvalue weighted by Gasteiger charge is -2.50. The van der Waals surface area contributed by atoms with Crippen LogP contribution < -0.4 is 0 Å². The quantitative estimate of drug-likeness (QED) is 0.563. The molecule has 0 bridgehead atoms. The van der Waals surface area contributed by atoms with Gasteiger partial charge in [-0.1, -0.05) is 30.3 Å². The van der Waals surface area contributed by atoms with E-state index in [-0.39, 0.29) is 30.1 Å². The van der Waals surface area contributed by atoms with Gasteiger partial charge in [0, 0.05) is 17.8 Å². The Morgan fingerprint density at radius 2 is 1.86 bits per heavy atom. The summed E-state index contributed by atoms with van der Waals surface area (Å²) in [5.41, 5.74) is 0.850. The molecule has 2 heterocycles. The van der Waals surface area contributed by atoms with Gasteiger partial charge in [-0.25, -0.2) is 4.79 Å². The van der Waals surface area contributed by atoms with Crippen LogP contribution in [0.15, 0.2) is 30.3 Å². The first-order valence-electron chi connectivity index (χ1n) is 9.97. The molecule has 1 aromatic carbocycles. The van der Waals surface area contributed by atoms with E-state index in [9.17, 15) is 19.5 Å². The van der Waals surface area contributed by atoms with Gasteiger partial charge in [0.15, 0.2) is 0 Å². The van der Waals surface area contributed by atoms with Crippen molar-refractivity contribution in [2.24, 2.45) is 0 Å². The van der Waals surface area contributed by atoms with Crippen LogP contribution in [0, 0.1) is 0 Å². The summed E-state index contributed by atoms with van der Waals surface area (Å²) in [4.78, 5) is 42.3. The predicted octanol–water partition coefficient (Wildman–Crippen LogP) is 2.67. The van der Waals surface area contributed by atoms with E-state index < -0.39 is 32.2 Å². The van der Waals surface area contributed by atoms with Gasteiger partial charge in [-0.15, -0.1) is 10.0 Å². The highest BCUT2D eigenvalue weighted by atomic mass is 32.3. The summed E-state index contributed by atoms with van der Waals surface area (Å²) in [7, 11) is -2.38. The summed E-state index contributed by atoms with van der Waals surface area (Å²) in [6, 6.07) is 8.45. The largest absolute Gasteiger partial charge is 0.459 e. The fourth-order valence-electron chi connectivity index (χ4n) is 4.50. The molecule has 7 nitrogen and oxygen atoms in total. The van der Waals surface area contributed by atoms with Crippen LogP contribution in [0.1, 0.15) is 39.7 Å². The number of aliphatic hydroxyl groups excluding tert-OH is 1. The number of rotatable bonds is 6. The smallest absolute Gasteiger partial charge is 0.330 e. The number of aliphatic hydroxyl groups is 1. The van der Waals surface area contributed by atoms with E-state index in [1.165, 1.54) is 4.90 Å². The number of hydrogen-bond acceptors (Lipinski definition) is 5. The lowest BCUT2D eigenvalue weighted by atomic mass is 9.98. The zero-order valence-electron chi connectivity index (χ0n) is 17.5. The summed E-state index contributed by atoms with van der Waals surface area (Å²) in [6.45, 7) is 8.56. The molecule has 2 saturated heterocycles. The van der Waals surface area contributed by atoms with Crippen molar-refractivity contribution in [3.63, 3.8) is 0 Å². The number of β-lactam (4-membered cyclic amide) rings is 1. The summed E-state index contributed by atoms with van der Waals surface area (Å²) in [5.74, 6) is -1.03. The molecule has 0 saturated carbocycles. The fourth-order valence-corrected chi connectivity index (χ4v) is 8.88. The van der Waals surface area contributed by atoms with Gasteiger partial charge in [0.25, 0.3) is 5.24 Å². The zero-order chi connectivity index (χ0) is 21.4. The Balaban J connectivity index is 1.93. The second kappa shape index (κ2) is 7.99. The Kier molecular flexibility index (Phi) is 5.96. The highest BCUT2D eigenvalue weighted by Gasteiger charge is 2.72. The van der Waals surface area contributed by atoms with Gasteiger partial charge in [0.05, 0.1) is 17.7 Å². The number of hydrogen-bond donors (Lipinski definition) is 1. The number of carbonyl (C=O) groups excluding carboxylic acids is 3. The third-order valence-corrected chi connectivity index (χ3v) is 11.0. The lowest BCUT2D eigenvalue weighted by Crippen LogP contribution is -2.57. The average molecular weight is 423 g/mol. The van der Waals surface area contributed by atoms with Crippen molar-refractivity contribution in [1.82, 2.24) is 9.80 Å². The van der Waals surface area contributed by atoms with Gasteiger partial charge in [-0.2, -0.15) is 0 Å². The standard InChI is InChI=1S/C21H30N2O5S/c1-5-22(6-2)20(27)29(14-24)17-12-16(25)23(17)18(21(29,3)4)19(26)28-13-15-10-8-7-9-11-15/h7-11,17-18,24H,5-6,12-14H2,1-4H3/t17-,18+/m1/s1. The third-order valence-electron chi connectivity index (χ3n) is 6.27. The maximum Gasteiger partial charge on any atom is 0.330 e. The van der Waals surface area contributed by atoms with Gasteiger partial charge < -0.3 is 19.6 Å². The van der Waals surface area contributed by atoms with E-state index >= 15 is 0 Å². The van der Waals surface area contributed by atoms with Crippen molar-refractivity contribution >= 4 is 27.1 Å². The second-order valence-electron chi connectivity index (χ2n) is 7.92. The van der Waals surface area contributed by atoms with Crippen LogP contribution in [-0.2, 0) is 20.9 Å². The van der Waals surface area contributed by atoms with Crippen LogP contribution in [0.4, 0.5) is 4.79 Å². The Morgan fingerprint density at radius 3 is 2.38 bits per heavy atom. The first-order chi connectivity index (χ1) is 13.8. The summed E-state index contributed by atoms with van der Waals surface area (Å²) in [5, 5.41) is 9.93. The number of esters is 1. The molecule has 0 unspecified atom stereocenters. The van der Waals surface area contributed by atoms with Gasteiger partial charge in [0.1, 0.15) is 12.6 Å². The topological polar surface area (TPSA) is 87.2 Å². The molecule has 1 aromatic rings. The van der Waals surface area contributed by atoms with Crippen molar-refractivity contribution in [3.05, 3.63) is 35.9 Å². The van der Waals surface area contributed by atoms with Crippen molar-refractivity contribution < 1.29 is 24.2 Å². The van der Waals surface area contributed by atoms with E-state index in [1.54, 1.807) is 4.90 Å². The number of fused-ring (bicyclic) bond motifs is 1. The molecule has 2 aliphatic rings. The van der Waals surface area contributed by atoms with E-state index in [1.807, 2.05) is 58.0 Å². The Morgan fingerprint density at radius 1 is 1.24 bits per heavy atom. The van der Waals surface area contributed by atoms with Gasteiger partial charge >= 0.3 is 5.97 Å². The minimum Gasteiger partial charge on any atom is -0.459 e. The van der Waals surface area contributed by atoms with Crippen LogP contribution in [-0.4, -0.2) is 67.2 Å². The van der Waals surface area contributed by atoms with Crippen molar-refractivity contribution in [3.8, 4) is 0 Å². The van der Waals surface area contributed by atoms with E-state index in [2.05, 4.69) is 0 Å². The Labute approximate surface area is 173 Å². The number of amides is 2. The van der Waals surface area contributed by atoms with E-state index in [0.717, 1.165) is 5.56 Å². The molecule has 3 rings (SSSR count). The minimum absolute atomic E-state index is 0.102. The van der Waals surface area contributed by atoms with Crippen molar-refractivity contribution in [2.45, 2.75) is 56.9 Å². The summed E-state index contributed by atoms with van der Waals surface area (Å²) in [6.07, 6.45) is 0.189. The Hall–Kier alpha value is -2.06. The van der Waals surface area contributed by atoms with Crippen LogP contribution >= 0.6 is 10.0 Å². The normalized spacial score (nSPS) is 27.2. The lowest BCUT2D eigenvalue weighted by molar-refractivity contribution is -0.162. The first kappa shape index (κ1) is 21.6. The Bertz CT molecular complexity index is 796. The molecule has 3 atom stereocenters. The SMILES string of the molecule is CCN(CC)C(=O)[S@]1(CO)[C@@H]2CC(=O)N2[C@@H](C(=O)OCc2ccccc2)C1(C)C. The molecule has 0 aliphatic carbocycles. The van der Waals surface area contributed by atoms with Crippen LogP contribution in [0.5, 0.6) is 0 Å². The van der Waals surface area contributed by atoms with E-state index in [4.69, 9.17) is 4.74 Å². The molecule has 8 heteroatoms. The van der Waals surface area contributed by atoms with Crippen molar-refractivity contribution in [2.75, 3.05) is 19.0 Å². The summed E-state index contributed by atoms with van der Waals surface area (Å²) >= 11 is 0. The molecular weight excluding hydrogens is 392 g/mol. The predicted molar refractivity (Wildman–Crippen MR) is 112 cm³/mol. The van der Waals surface area contributed by atoms with Gasteiger partial charge in [-0.3, -0.25) is 9.59 Å². The minimum atomic E-state index is -2.38. The van der Waals surface area contributed by atoms with Crippen LogP contribution in [0.25, 0.3) is 0 Å². The highest BCUT2D eigenvalue weighted by molar-refractivity contribution is 8.46. The molecule has 29 heavy (non-hydrogen) atoms. The number of ether oxygens (including phenoxy) is 1. The molecule has 0 spiro atoms. The molecule has 2 aliphatic heterocycles. The van der Waals surface area contributed by atoms with Gasteiger partial charge in [-0.05, 0) is 33.3 Å². The molecule has 2 amide bonds. The number of nitrogens with zero attached hydrogens (tertiary/aromatic N) is 2.